The molecule has 3 aromatic carbocycles. The Morgan fingerprint density at radius 1 is 0.848 bits per heavy atom. The highest BCUT2D eigenvalue weighted by atomic mass is 16.6. The number of ether oxygens (including phenoxy) is 2. The normalized spacial score (nSPS) is 17.1. The van der Waals surface area contributed by atoms with E-state index in [1.54, 1.807) is 6.92 Å². The van der Waals surface area contributed by atoms with Gasteiger partial charge in [-0.1, -0.05) is 0 Å². The standard InChI is InChI=1S/C23H20O10/c1-9-2-15(26)16(27)7-12(9)22-20(8-13-14(25)5-11(24)6-19(13)32-22)33-23(31)10-3-17(28)21(30)18(29)4-10/h2-7,20,22,24-30H,8H2,1H3. The van der Waals surface area contributed by atoms with Crippen LogP contribution < -0.4 is 4.74 Å². The van der Waals surface area contributed by atoms with E-state index in [9.17, 15) is 40.5 Å². The van der Waals surface area contributed by atoms with Crippen LogP contribution in [0.25, 0.3) is 0 Å². The zero-order chi connectivity index (χ0) is 24.0. The molecule has 0 bridgehead atoms. The molecule has 0 aliphatic carbocycles. The van der Waals surface area contributed by atoms with Crippen LogP contribution >= 0.6 is 0 Å². The molecule has 10 nitrogen and oxygen atoms in total. The van der Waals surface area contributed by atoms with Gasteiger partial charge >= 0.3 is 5.97 Å². The summed E-state index contributed by atoms with van der Waals surface area (Å²) >= 11 is 0. The Kier molecular flexibility index (Phi) is 5.21. The third-order valence-corrected chi connectivity index (χ3v) is 5.40. The van der Waals surface area contributed by atoms with Crippen molar-refractivity contribution in [2.75, 3.05) is 0 Å². The number of aryl methyl sites for hydroxylation is 1. The number of phenols is 7. The predicted octanol–water partition coefficient (Wildman–Crippen LogP) is 2.84. The van der Waals surface area contributed by atoms with Crippen LogP contribution in [0.2, 0.25) is 0 Å². The SMILES string of the molecule is Cc1cc(O)c(O)cc1C1Oc2cc(O)cc(O)c2CC1OC(=O)c1cc(O)c(O)c(O)c1. The molecule has 10 heteroatoms. The highest BCUT2D eigenvalue weighted by Crippen LogP contribution is 2.45. The predicted molar refractivity (Wildman–Crippen MR) is 112 cm³/mol. The molecule has 0 spiro atoms. The summed E-state index contributed by atoms with van der Waals surface area (Å²) in [6.07, 6.45) is -2.13. The summed E-state index contributed by atoms with van der Waals surface area (Å²) in [6, 6.07) is 6.77. The molecule has 0 saturated carbocycles. The molecule has 0 saturated heterocycles. The van der Waals surface area contributed by atoms with E-state index in [0.717, 1.165) is 18.2 Å². The fraction of sp³-hybridized carbons (Fsp3) is 0.174. The van der Waals surface area contributed by atoms with Crippen LogP contribution in [-0.2, 0) is 11.2 Å². The van der Waals surface area contributed by atoms with Crippen molar-refractivity contribution in [1.29, 1.82) is 0 Å². The van der Waals surface area contributed by atoms with Gasteiger partial charge in [-0.15, -0.1) is 0 Å². The highest BCUT2D eigenvalue weighted by molar-refractivity contribution is 5.91. The number of esters is 1. The highest BCUT2D eigenvalue weighted by Gasteiger charge is 2.37. The second-order valence-corrected chi connectivity index (χ2v) is 7.69. The smallest absolute Gasteiger partial charge is 0.338 e. The summed E-state index contributed by atoms with van der Waals surface area (Å²) in [7, 11) is 0. The van der Waals surface area contributed by atoms with Crippen LogP contribution in [0.5, 0.6) is 46.0 Å². The minimum Gasteiger partial charge on any atom is -0.508 e. The molecule has 1 heterocycles. The maximum absolute atomic E-state index is 12.8. The van der Waals surface area contributed by atoms with Gasteiger partial charge < -0.3 is 45.2 Å². The van der Waals surface area contributed by atoms with E-state index in [1.807, 2.05) is 0 Å². The number of rotatable bonds is 3. The number of hydrogen-bond donors (Lipinski definition) is 7. The number of phenolic OH excluding ortho intramolecular Hbond substituents is 7. The van der Waals surface area contributed by atoms with Crippen molar-refractivity contribution >= 4 is 5.97 Å². The Bertz CT molecular complexity index is 1240. The lowest BCUT2D eigenvalue weighted by atomic mass is 9.91. The van der Waals surface area contributed by atoms with E-state index >= 15 is 0 Å². The van der Waals surface area contributed by atoms with E-state index in [4.69, 9.17) is 9.47 Å². The van der Waals surface area contributed by atoms with E-state index in [0.29, 0.717) is 11.1 Å². The van der Waals surface area contributed by atoms with Crippen LogP contribution in [0.3, 0.4) is 0 Å². The number of carbonyl (C=O) groups excluding carboxylic acids is 1. The Morgan fingerprint density at radius 2 is 1.48 bits per heavy atom. The van der Waals surface area contributed by atoms with Crippen molar-refractivity contribution in [3.8, 4) is 46.0 Å². The summed E-state index contributed by atoms with van der Waals surface area (Å²) in [5.74, 6) is -4.39. The summed E-state index contributed by atoms with van der Waals surface area (Å²) in [4.78, 5) is 12.8. The van der Waals surface area contributed by atoms with Gasteiger partial charge in [0, 0.05) is 29.7 Å². The molecule has 33 heavy (non-hydrogen) atoms. The molecule has 4 rings (SSSR count). The second kappa shape index (κ2) is 7.90. The molecule has 3 aromatic rings. The molecule has 172 valence electrons. The summed E-state index contributed by atoms with van der Waals surface area (Å²) in [5.41, 5.74) is 0.878. The fourth-order valence-corrected chi connectivity index (χ4v) is 3.75. The van der Waals surface area contributed by atoms with Gasteiger partial charge in [0.15, 0.2) is 34.9 Å². The maximum Gasteiger partial charge on any atom is 0.338 e. The van der Waals surface area contributed by atoms with Gasteiger partial charge in [-0.3, -0.25) is 0 Å². The number of aromatic hydroxyl groups is 7. The molecule has 0 aromatic heterocycles. The van der Waals surface area contributed by atoms with Crippen molar-refractivity contribution in [2.45, 2.75) is 25.6 Å². The summed E-state index contributed by atoms with van der Waals surface area (Å²) < 4.78 is 11.5. The first kappa shape index (κ1) is 21.8. The van der Waals surface area contributed by atoms with Crippen LogP contribution in [0.15, 0.2) is 36.4 Å². The van der Waals surface area contributed by atoms with Crippen molar-refractivity contribution in [3.05, 3.63) is 58.7 Å². The van der Waals surface area contributed by atoms with Crippen LogP contribution in [0, 0.1) is 6.92 Å². The molecular formula is C23H20O10. The van der Waals surface area contributed by atoms with E-state index in [1.165, 1.54) is 18.2 Å². The Hall–Kier alpha value is -4.47. The zero-order valence-electron chi connectivity index (χ0n) is 17.2. The largest absolute Gasteiger partial charge is 0.508 e. The lowest BCUT2D eigenvalue weighted by molar-refractivity contribution is -0.0191. The van der Waals surface area contributed by atoms with Gasteiger partial charge in [-0.2, -0.15) is 0 Å². The van der Waals surface area contributed by atoms with Gasteiger partial charge in [0.2, 0.25) is 0 Å². The van der Waals surface area contributed by atoms with Crippen molar-refractivity contribution in [1.82, 2.24) is 0 Å². The number of hydrogen-bond acceptors (Lipinski definition) is 10. The zero-order valence-corrected chi connectivity index (χ0v) is 17.2. The maximum atomic E-state index is 12.8. The van der Waals surface area contributed by atoms with E-state index in [-0.39, 0.29) is 40.5 Å². The first-order chi connectivity index (χ1) is 15.5. The molecule has 0 amide bonds. The minimum absolute atomic E-state index is 0.0466. The lowest BCUT2D eigenvalue weighted by Crippen LogP contribution is -2.35. The van der Waals surface area contributed by atoms with Gasteiger partial charge in [-0.25, -0.2) is 4.79 Å². The van der Waals surface area contributed by atoms with E-state index in [2.05, 4.69) is 0 Å². The molecule has 1 aliphatic heterocycles. The summed E-state index contributed by atoms with van der Waals surface area (Å²) in [5, 5.41) is 68.8. The van der Waals surface area contributed by atoms with Crippen molar-refractivity contribution in [2.24, 2.45) is 0 Å². The van der Waals surface area contributed by atoms with Crippen molar-refractivity contribution < 1.29 is 50.0 Å². The molecule has 2 unspecified atom stereocenters. The van der Waals surface area contributed by atoms with Gasteiger partial charge in [0.1, 0.15) is 23.4 Å². The lowest BCUT2D eigenvalue weighted by Gasteiger charge is -2.34. The van der Waals surface area contributed by atoms with Gasteiger partial charge in [0.25, 0.3) is 0 Å². The van der Waals surface area contributed by atoms with Gasteiger partial charge in [0.05, 0.1) is 5.56 Å². The topological polar surface area (TPSA) is 177 Å². The molecule has 2 atom stereocenters. The monoisotopic (exact) mass is 456 g/mol. The number of carbonyl (C=O) groups is 1. The first-order valence-corrected chi connectivity index (χ1v) is 9.75. The van der Waals surface area contributed by atoms with Crippen molar-refractivity contribution in [3.63, 3.8) is 0 Å². The van der Waals surface area contributed by atoms with Crippen LogP contribution in [0.1, 0.15) is 33.2 Å². The third kappa shape index (κ3) is 3.93. The molecule has 0 radical (unpaired) electrons. The Morgan fingerprint density at radius 3 is 2.15 bits per heavy atom. The molecular weight excluding hydrogens is 436 g/mol. The van der Waals surface area contributed by atoms with Crippen LogP contribution in [0.4, 0.5) is 0 Å². The minimum atomic E-state index is -1.07. The quantitative estimate of drug-likeness (QED) is 0.229. The Labute approximate surface area is 186 Å². The summed E-state index contributed by atoms with van der Waals surface area (Å²) in [6.45, 7) is 1.64. The number of benzene rings is 3. The third-order valence-electron chi connectivity index (χ3n) is 5.40. The molecule has 1 aliphatic rings. The average molecular weight is 456 g/mol. The second-order valence-electron chi connectivity index (χ2n) is 7.69. The first-order valence-electron chi connectivity index (χ1n) is 9.75. The van der Waals surface area contributed by atoms with Gasteiger partial charge in [-0.05, 0) is 36.8 Å². The molecule has 7 N–H and O–H groups in total. The fourth-order valence-electron chi connectivity index (χ4n) is 3.75. The van der Waals surface area contributed by atoms with E-state index < -0.39 is 41.2 Å². The molecule has 0 fully saturated rings. The Balaban J connectivity index is 1.76. The number of fused-ring (bicyclic) bond motifs is 1. The van der Waals surface area contributed by atoms with Crippen LogP contribution in [-0.4, -0.2) is 47.8 Å². The average Bonchev–Trinajstić information content (AvgIpc) is 2.74.